The summed E-state index contributed by atoms with van der Waals surface area (Å²) < 4.78 is 43.2. The second-order valence-corrected chi connectivity index (χ2v) is 9.92. The first kappa shape index (κ1) is 24.7. The van der Waals surface area contributed by atoms with Crippen molar-refractivity contribution in [2.75, 3.05) is 32.2 Å². The molecule has 180 valence electrons. The first-order chi connectivity index (χ1) is 15.7. The zero-order valence-corrected chi connectivity index (χ0v) is 20.4. The summed E-state index contributed by atoms with van der Waals surface area (Å²) in [5.41, 5.74) is 1.90. The fourth-order valence-corrected chi connectivity index (χ4v) is 4.62. The zero-order chi connectivity index (χ0) is 24.2. The molecule has 0 saturated carbocycles. The van der Waals surface area contributed by atoms with Gasteiger partial charge in [0, 0.05) is 45.8 Å². The molecule has 0 radical (unpaired) electrons. The van der Waals surface area contributed by atoms with E-state index in [1.807, 2.05) is 6.92 Å². The summed E-state index contributed by atoms with van der Waals surface area (Å²) in [7, 11) is 1.03. The molecule has 0 saturated heterocycles. The van der Waals surface area contributed by atoms with Crippen molar-refractivity contribution in [3.8, 4) is 11.5 Å². The van der Waals surface area contributed by atoms with Gasteiger partial charge in [-0.1, -0.05) is 6.92 Å². The third-order valence-corrected chi connectivity index (χ3v) is 7.27. The van der Waals surface area contributed by atoms with Crippen molar-refractivity contribution in [1.82, 2.24) is 34.5 Å². The maximum atomic E-state index is 13.3. The molecule has 0 fully saturated rings. The van der Waals surface area contributed by atoms with Gasteiger partial charge >= 0.3 is 0 Å². The molecule has 0 aromatic carbocycles. The normalized spacial score (nSPS) is 13.9. The van der Waals surface area contributed by atoms with Gasteiger partial charge in [-0.05, 0) is 19.9 Å². The molecule has 0 spiro atoms. The lowest BCUT2D eigenvalue weighted by Crippen LogP contribution is -2.32. The van der Waals surface area contributed by atoms with Crippen molar-refractivity contribution in [1.29, 1.82) is 0 Å². The largest absolute Gasteiger partial charge is 0.382 e. The van der Waals surface area contributed by atoms with E-state index in [0.29, 0.717) is 17.2 Å². The molecule has 12 nitrogen and oxygen atoms in total. The SMILES string of the molecule is COCC(COC)n1c(NS(=O)(=O)C(C)C(C)c2cnc(C)cn2)nnc1-c1ccn(C)n1. The van der Waals surface area contributed by atoms with Crippen LogP contribution in [0.25, 0.3) is 11.5 Å². The number of nitrogens with one attached hydrogen (secondary N) is 1. The van der Waals surface area contributed by atoms with Crippen molar-refractivity contribution in [3.05, 3.63) is 36.0 Å². The highest BCUT2D eigenvalue weighted by molar-refractivity contribution is 7.93. The van der Waals surface area contributed by atoms with Crippen LogP contribution in [0, 0.1) is 6.92 Å². The molecule has 3 aromatic heterocycles. The van der Waals surface area contributed by atoms with Gasteiger partial charge in [-0.3, -0.25) is 23.9 Å². The third-order valence-electron chi connectivity index (χ3n) is 5.42. The number of hydrogen-bond donors (Lipinski definition) is 1. The van der Waals surface area contributed by atoms with Crippen molar-refractivity contribution in [3.63, 3.8) is 0 Å². The number of ether oxygens (including phenoxy) is 2. The van der Waals surface area contributed by atoms with Crippen LogP contribution in [0.4, 0.5) is 5.95 Å². The predicted molar refractivity (Wildman–Crippen MR) is 122 cm³/mol. The molecule has 2 atom stereocenters. The fraction of sp³-hybridized carbons (Fsp3) is 0.550. The topological polar surface area (TPSA) is 139 Å². The fourth-order valence-electron chi connectivity index (χ4n) is 3.36. The Balaban J connectivity index is 1.97. The monoisotopic (exact) mass is 478 g/mol. The van der Waals surface area contributed by atoms with Crippen molar-refractivity contribution in [2.24, 2.45) is 7.05 Å². The van der Waals surface area contributed by atoms with Crippen molar-refractivity contribution < 1.29 is 17.9 Å². The number of aryl methyl sites for hydroxylation is 2. The zero-order valence-electron chi connectivity index (χ0n) is 19.6. The summed E-state index contributed by atoms with van der Waals surface area (Å²) in [5.74, 6) is 0.0530. The minimum Gasteiger partial charge on any atom is -0.382 e. The number of methoxy groups -OCH3 is 2. The van der Waals surface area contributed by atoms with E-state index in [1.54, 1.807) is 69.0 Å². The van der Waals surface area contributed by atoms with E-state index in [0.717, 1.165) is 5.69 Å². The van der Waals surface area contributed by atoms with Crippen LogP contribution in [0.2, 0.25) is 0 Å². The number of hydrogen-bond acceptors (Lipinski definition) is 9. The summed E-state index contributed by atoms with van der Waals surface area (Å²) in [6.07, 6.45) is 4.99. The van der Waals surface area contributed by atoms with Gasteiger partial charge in [0.2, 0.25) is 16.0 Å². The van der Waals surface area contributed by atoms with Gasteiger partial charge in [0.05, 0.1) is 35.9 Å². The van der Waals surface area contributed by atoms with Gasteiger partial charge in [0.15, 0.2) is 5.82 Å². The molecule has 3 aromatic rings. The highest BCUT2D eigenvalue weighted by Crippen LogP contribution is 2.28. The Morgan fingerprint density at radius 2 is 1.79 bits per heavy atom. The second-order valence-electron chi connectivity index (χ2n) is 7.88. The Kier molecular flexibility index (Phi) is 7.76. The molecule has 3 rings (SSSR count). The van der Waals surface area contributed by atoms with Crippen LogP contribution in [-0.4, -0.2) is 75.6 Å². The number of rotatable bonds is 11. The van der Waals surface area contributed by atoms with Crippen LogP contribution in [0.3, 0.4) is 0 Å². The maximum Gasteiger partial charge on any atom is 0.239 e. The van der Waals surface area contributed by atoms with Crippen LogP contribution in [0.5, 0.6) is 0 Å². The molecule has 0 bridgehead atoms. The van der Waals surface area contributed by atoms with E-state index in [1.165, 1.54) is 0 Å². The van der Waals surface area contributed by atoms with Crippen LogP contribution in [0.15, 0.2) is 24.7 Å². The Bertz CT molecular complexity index is 1150. The Labute approximate surface area is 193 Å². The first-order valence-electron chi connectivity index (χ1n) is 10.4. The highest BCUT2D eigenvalue weighted by atomic mass is 32.2. The lowest BCUT2D eigenvalue weighted by molar-refractivity contribution is 0.0908. The molecule has 3 heterocycles. The van der Waals surface area contributed by atoms with Crippen LogP contribution in [0.1, 0.15) is 37.2 Å². The van der Waals surface area contributed by atoms with E-state index in [-0.39, 0.29) is 25.2 Å². The van der Waals surface area contributed by atoms with E-state index < -0.39 is 21.2 Å². The van der Waals surface area contributed by atoms with Gasteiger partial charge in [0.25, 0.3) is 0 Å². The lowest BCUT2D eigenvalue weighted by Gasteiger charge is -2.23. The standard InChI is InChI=1S/C20H30N8O4S/c1-13-9-22-18(10-21-13)14(2)15(3)33(29,30)26-20-24-23-19(17-7-8-27(4)25-17)28(20)16(11-31-5)12-32-6/h7-10,14-16H,11-12H2,1-6H3,(H,24,26). The van der Waals surface area contributed by atoms with E-state index in [9.17, 15) is 8.42 Å². The van der Waals surface area contributed by atoms with Crippen molar-refractivity contribution in [2.45, 2.75) is 38.0 Å². The number of anilines is 1. The summed E-state index contributed by atoms with van der Waals surface area (Å²) in [4.78, 5) is 8.55. The summed E-state index contributed by atoms with van der Waals surface area (Å²) >= 11 is 0. The van der Waals surface area contributed by atoms with E-state index >= 15 is 0 Å². The van der Waals surface area contributed by atoms with E-state index in [4.69, 9.17) is 9.47 Å². The first-order valence-corrected chi connectivity index (χ1v) is 12.0. The van der Waals surface area contributed by atoms with Gasteiger partial charge in [-0.15, -0.1) is 10.2 Å². The minimum atomic E-state index is -3.87. The summed E-state index contributed by atoms with van der Waals surface area (Å²) in [6, 6.07) is 1.39. The molecule has 0 amide bonds. The Morgan fingerprint density at radius 1 is 1.09 bits per heavy atom. The number of nitrogens with zero attached hydrogens (tertiary/aromatic N) is 7. The van der Waals surface area contributed by atoms with Crippen LogP contribution in [-0.2, 0) is 26.5 Å². The lowest BCUT2D eigenvalue weighted by atomic mass is 10.1. The van der Waals surface area contributed by atoms with Gasteiger partial charge in [-0.2, -0.15) is 5.10 Å². The average molecular weight is 479 g/mol. The Morgan fingerprint density at radius 3 is 2.33 bits per heavy atom. The number of sulfonamides is 1. The van der Waals surface area contributed by atoms with E-state index in [2.05, 4.69) is 30.0 Å². The summed E-state index contributed by atoms with van der Waals surface area (Å²) in [6.45, 7) is 5.75. The van der Waals surface area contributed by atoms with Crippen LogP contribution < -0.4 is 4.72 Å². The molecule has 0 aliphatic carbocycles. The van der Waals surface area contributed by atoms with Crippen LogP contribution >= 0.6 is 0 Å². The molecule has 2 unspecified atom stereocenters. The number of aromatic nitrogens is 7. The quantitative estimate of drug-likeness (QED) is 0.435. The molecule has 1 N–H and O–H groups in total. The molecule has 0 aliphatic heterocycles. The van der Waals surface area contributed by atoms with Gasteiger partial charge < -0.3 is 9.47 Å². The maximum absolute atomic E-state index is 13.3. The van der Waals surface area contributed by atoms with Gasteiger partial charge in [0.1, 0.15) is 5.69 Å². The van der Waals surface area contributed by atoms with Gasteiger partial charge in [-0.25, -0.2) is 8.42 Å². The smallest absolute Gasteiger partial charge is 0.239 e. The average Bonchev–Trinajstić information content (AvgIpc) is 3.38. The highest BCUT2D eigenvalue weighted by Gasteiger charge is 2.32. The summed E-state index contributed by atoms with van der Waals surface area (Å²) in [5, 5.41) is 11.9. The molecular weight excluding hydrogens is 448 g/mol. The Hall–Kier alpha value is -2.90. The molecule has 13 heteroatoms. The molecule has 0 aliphatic rings. The third kappa shape index (κ3) is 5.54. The molecule has 33 heavy (non-hydrogen) atoms. The second kappa shape index (κ2) is 10.4. The minimum absolute atomic E-state index is 0.0591. The predicted octanol–water partition coefficient (Wildman–Crippen LogP) is 1.54. The molecular formula is C20H30N8O4S. The van der Waals surface area contributed by atoms with Crippen molar-refractivity contribution >= 4 is 16.0 Å².